The maximum atomic E-state index is 12.3. The maximum Gasteiger partial charge on any atom is 0.323 e. The number of hydrogen-bond donors (Lipinski definition) is 2. The molecule has 0 unspecified atom stereocenters. The van der Waals surface area contributed by atoms with Crippen LogP contribution in [0.1, 0.15) is 12.8 Å². The number of nitrogens with one attached hydrogen (secondary N) is 2. The standard InChI is InChI=1S/C18H19N7OS/c26-18(22-15-12-19-8-9-20-15)25-10-6-14(7-11-25)21-17-23-16(24-27-17)13-4-2-1-3-5-13/h1-5,8-9,12,14H,6-7,10-11H2,(H,20,22,26)(H,21,23,24). The molecule has 1 saturated heterocycles. The maximum absolute atomic E-state index is 12.3. The van der Waals surface area contributed by atoms with Crippen LogP contribution < -0.4 is 10.6 Å². The van der Waals surface area contributed by atoms with Crippen molar-refractivity contribution in [3.63, 3.8) is 0 Å². The molecule has 2 aromatic heterocycles. The number of anilines is 2. The van der Waals surface area contributed by atoms with Gasteiger partial charge in [0.15, 0.2) is 11.6 Å². The van der Waals surface area contributed by atoms with Gasteiger partial charge in [0.1, 0.15) is 0 Å². The molecular formula is C18H19N7OS. The van der Waals surface area contributed by atoms with Gasteiger partial charge in [-0.2, -0.15) is 9.36 Å². The third-order valence-electron chi connectivity index (χ3n) is 4.37. The molecule has 1 aliphatic heterocycles. The summed E-state index contributed by atoms with van der Waals surface area (Å²) in [6.07, 6.45) is 6.37. The van der Waals surface area contributed by atoms with Crippen molar-refractivity contribution in [2.45, 2.75) is 18.9 Å². The Morgan fingerprint density at radius 3 is 2.70 bits per heavy atom. The Labute approximate surface area is 160 Å². The predicted octanol–water partition coefficient (Wildman–Crippen LogP) is 3.10. The van der Waals surface area contributed by atoms with Gasteiger partial charge in [-0.05, 0) is 12.8 Å². The van der Waals surface area contributed by atoms with E-state index in [1.807, 2.05) is 30.3 Å². The van der Waals surface area contributed by atoms with E-state index in [2.05, 4.69) is 30.0 Å². The van der Waals surface area contributed by atoms with Crippen LogP contribution in [0.2, 0.25) is 0 Å². The second-order valence-electron chi connectivity index (χ2n) is 6.22. The molecule has 1 fully saturated rings. The zero-order valence-corrected chi connectivity index (χ0v) is 15.4. The van der Waals surface area contributed by atoms with Crippen LogP contribution in [0.25, 0.3) is 11.4 Å². The van der Waals surface area contributed by atoms with Crippen molar-refractivity contribution in [3.8, 4) is 11.4 Å². The lowest BCUT2D eigenvalue weighted by Gasteiger charge is -2.32. The third kappa shape index (κ3) is 4.37. The average Bonchev–Trinajstić information content (AvgIpc) is 3.18. The van der Waals surface area contributed by atoms with Gasteiger partial charge in [-0.3, -0.25) is 10.3 Å². The Kier molecular flexibility index (Phi) is 5.20. The molecule has 3 heterocycles. The van der Waals surface area contributed by atoms with Crippen LogP contribution >= 0.6 is 11.5 Å². The molecule has 138 valence electrons. The summed E-state index contributed by atoms with van der Waals surface area (Å²) in [6, 6.07) is 10.1. The van der Waals surface area contributed by atoms with Crippen molar-refractivity contribution in [1.29, 1.82) is 0 Å². The molecule has 0 atom stereocenters. The zero-order chi connectivity index (χ0) is 18.5. The van der Waals surface area contributed by atoms with E-state index in [9.17, 15) is 4.79 Å². The van der Waals surface area contributed by atoms with Crippen LogP contribution in [0.15, 0.2) is 48.9 Å². The predicted molar refractivity (Wildman–Crippen MR) is 105 cm³/mol. The summed E-state index contributed by atoms with van der Waals surface area (Å²) in [5, 5.41) is 7.03. The van der Waals surface area contributed by atoms with E-state index < -0.39 is 0 Å². The number of urea groups is 1. The summed E-state index contributed by atoms with van der Waals surface area (Å²) >= 11 is 1.37. The first-order chi connectivity index (χ1) is 13.3. The lowest BCUT2D eigenvalue weighted by Crippen LogP contribution is -2.44. The Morgan fingerprint density at radius 1 is 1.15 bits per heavy atom. The molecule has 0 bridgehead atoms. The van der Waals surface area contributed by atoms with Crippen LogP contribution in [-0.2, 0) is 0 Å². The number of likely N-dealkylation sites (tertiary alicyclic amines) is 1. The number of benzene rings is 1. The van der Waals surface area contributed by atoms with Crippen LogP contribution in [0.5, 0.6) is 0 Å². The van der Waals surface area contributed by atoms with Crippen LogP contribution in [0.3, 0.4) is 0 Å². The molecular weight excluding hydrogens is 362 g/mol. The van der Waals surface area contributed by atoms with E-state index in [-0.39, 0.29) is 12.1 Å². The molecule has 2 N–H and O–H groups in total. The molecule has 1 aromatic carbocycles. The Bertz CT molecular complexity index is 879. The fourth-order valence-electron chi connectivity index (χ4n) is 2.94. The van der Waals surface area contributed by atoms with Gasteiger partial charge in [-0.25, -0.2) is 9.78 Å². The summed E-state index contributed by atoms with van der Waals surface area (Å²) < 4.78 is 4.42. The van der Waals surface area contributed by atoms with Crippen molar-refractivity contribution < 1.29 is 4.79 Å². The first-order valence-corrected chi connectivity index (χ1v) is 9.53. The Hall–Kier alpha value is -3.07. The minimum absolute atomic E-state index is 0.142. The zero-order valence-electron chi connectivity index (χ0n) is 14.6. The van der Waals surface area contributed by atoms with Crippen molar-refractivity contribution in [2.75, 3.05) is 23.7 Å². The number of carbonyl (C=O) groups excluding carboxylic acids is 1. The first kappa shape index (κ1) is 17.3. The van der Waals surface area contributed by atoms with Crippen molar-refractivity contribution in [2.24, 2.45) is 0 Å². The third-order valence-corrected chi connectivity index (χ3v) is 5.01. The van der Waals surface area contributed by atoms with E-state index in [4.69, 9.17) is 0 Å². The summed E-state index contributed by atoms with van der Waals surface area (Å²) in [4.78, 5) is 26.7. The quantitative estimate of drug-likeness (QED) is 0.721. The molecule has 27 heavy (non-hydrogen) atoms. The van der Waals surface area contributed by atoms with E-state index in [0.29, 0.717) is 18.9 Å². The van der Waals surface area contributed by atoms with Crippen molar-refractivity contribution in [3.05, 3.63) is 48.9 Å². The van der Waals surface area contributed by atoms with Gasteiger partial charge in [-0.15, -0.1) is 0 Å². The molecule has 2 amide bonds. The normalized spacial score (nSPS) is 14.7. The summed E-state index contributed by atoms with van der Waals surface area (Å²) in [5.41, 5.74) is 1.01. The van der Waals surface area contributed by atoms with Crippen LogP contribution in [0, 0.1) is 0 Å². The van der Waals surface area contributed by atoms with E-state index in [1.54, 1.807) is 17.3 Å². The molecule has 4 rings (SSSR count). The highest BCUT2D eigenvalue weighted by molar-refractivity contribution is 7.09. The van der Waals surface area contributed by atoms with Crippen molar-refractivity contribution in [1.82, 2.24) is 24.2 Å². The van der Waals surface area contributed by atoms with E-state index in [1.165, 1.54) is 17.7 Å². The van der Waals surface area contributed by atoms with E-state index in [0.717, 1.165) is 29.4 Å². The SMILES string of the molecule is O=C(Nc1cnccn1)N1CCC(Nc2nc(-c3ccccc3)ns2)CC1. The highest BCUT2D eigenvalue weighted by Crippen LogP contribution is 2.23. The van der Waals surface area contributed by atoms with Gasteiger partial charge < -0.3 is 10.2 Å². The van der Waals surface area contributed by atoms with Crippen molar-refractivity contribution >= 4 is 28.5 Å². The monoisotopic (exact) mass is 381 g/mol. The largest absolute Gasteiger partial charge is 0.357 e. The second kappa shape index (κ2) is 8.09. The highest BCUT2D eigenvalue weighted by atomic mass is 32.1. The molecule has 3 aromatic rings. The number of carbonyl (C=O) groups is 1. The molecule has 0 radical (unpaired) electrons. The molecule has 1 aliphatic rings. The molecule has 0 aliphatic carbocycles. The number of piperidine rings is 1. The molecule has 0 saturated carbocycles. The number of aromatic nitrogens is 4. The summed E-state index contributed by atoms with van der Waals surface area (Å²) in [5.74, 6) is 1.20. The van der Waals surface area contributed by atoms with Crippen LogP contribution in [0.4, 0.5) is 15.7 Å². The molecule has 0 spiro atoms. The number of amides is 2. The van der Waals surface area contributed by atoms with Crippen LogP contribution in [-0.4, -0.2) is 49.4 Å². The minimum Gasteiger partial charge on any atom is -0.357 e. The van der Waals surface area contributed by atoms with Gasteiger partial charge in [0.25, 0.3) is 0 Å². The summed E-state index contributed by atoms with van der Waals surface area (Å²) in [7, 11) is 0. The van der Waals surface area contributed by atoms with E-state index >= 15 is 0 Å². The lowest BCUT2D eigenvalue weighted by molar-refractivity contribution is 0.197. The van der Waals surface area contributed by atoms with Gasteiger partial charge in [0, 0.05) is 48.6 Å². The van der Waals surface area contributed by atoms with Gasteiger partial charge >= 0.3 is 6.03 Å². The highest BCUT2D eigenvalue weighted by Gasteiger charge is 2.23. The Balaban J connectivity index is 1.28. The number of nitrogens with zero attached hydrogens (tertiary/aromatic N) is 5. The molecule has 8 nitrogen and oxygen atoms in total. The minimum atomic E-state index is -0.142. The number of rotatable bonds is 4. The van der Waals surface area contributed by atoms with Gasteiger partial charge in [0.2, 0.25) is 5.13 Å². The Morgan fingerprint density at radius 2 is 1.96 bits per heavy atom. The summed E-state index contributed by atoms with van der Waals surface area (Å²) in [6.45, 7) is 1.35. The second-order valence-corrected chi connectivity index (χ2v) is 6.97. The van der Waals surface area contributed by atoms with Gasteiger partial charge in [-0.1, -0.05) is 30.3 Å². The number of hydrogen-bond acceptors (Lipinski definition) is 7. The first-order valence-electron chi connectivity index (χ1n) is 8.75. The smallest absolute Gasteiger partial charge is 0.323 e. The van der Waals surface area contributed by atoms with Gasteiger partial charge in [0.05, 0.1) is 6.20 Å². The topological polar surface area (TPSA) is 95.9 Å². The fourth-order valence-corrected chi connectivity index (χ4v) is 3.61. The molecule has 9 heteroatoms. The fraction of sp³-hybridized carbons (Fsp3) is 0.278. The lowest BCUT2D eigenvalue weighted by atomic mass is 10.1. The average molecular weight is 381 g/mol.